The van der Waals surface area contributed by atoms with Gasteiger partial charge >= 0.3 is 0 Å². The molecule has 1 aliphatic heterocycles. The minimum Gasteiger partial charge on any atom is -0.291 e. The van der Waals surface area contributed by atoms with Crippen LogP contribution in [0.1, 0.15) is 33.1 Å². The Hall–Kier alpha value is 0.127. The Balaban J connectivity index is 3.13. The van der Waals surface area contributed by atoms with E-state index in [1.807, 2.05) is 13.8 Å². The van der Waals surface area contributed by atoms with Crippen LogP contribution in [-0.4, -0.2) is 20.2 Å². The zero-order valence-electron chi connectivity index (χ0n) is 8.50. The van der Waals surface area contributed by atoms with Crippen LogP contribution in [0.3, 0.4) is 0 Å². The first-order valence-electron chi connectivity index (χ1n) is 4.68. The molecule has 0 bridgehead atoms. The molecule has 0 aliphatic carbocycles. The van der Waals surface area contributed by atoms with Crippen molar-refractivity contribution in [3.05, 3.63) is 0 Å². The molecule has 1 unspecified atom stereocenters. The highest BCUT2D eigenvalue weighted by Gasteiger charge is 2.54. The van der Waals surface area contributed by atoms with Crippen molar-refractivity contribution in [2.45, 2.75) is 50.7 Å². The summed E-state index contributed by atoms with van der Waals surface area (Å²) in [6, 6.07) is 0.707. The van der Waals surface area contributed by atoms with Gasteiger partial charge in [-0.2, -0.15) is 0 Å². The first-order chi connectivity index (χ1) is 5.71. The van der Waals surface area contributed by atoms with Crippen molar-refractivity contribution in [1.29, 1.82) is 0 Å². The van der Waals surface area contributed by atoms with Crippen LogP contribution < -0.4 is 0 Å². The minimum atomic E-state index is -3.79. The van der Waals surface area contributed by atoms with Gasteiger partial charge in [-0.3, -0.25) is 4.55 Å². The highest BCUT2D eigenvalue weighted by molar-refractivity contribution is 8.18. The van der Waals surface area contributed by atoms with Gasteiger partial charge in [-0.15, -0.1) is 0 Å². The molecular weight excluding hydrogens is 204 g/mol. The third-order valence-corrected chi connectivity index (χ3v) is 15.0. The van der Waals surface area contributed by atoms with Crippen LogP contribution in [0, 0.1) is 0 Å². The maximum Gasteiger partial charge on any atom is 0.232 e. The summed E-state index contributed by atoms with van der Waals surface area (Å²) in [4.78, 5) is 0. The molecule has 13 heavy (non-hydrogen) atoms. The summed E-state index contributed by atoms with van der Waals surface area (Å²) in [5, 5.41) is -0.182. The van der Waals surface area contributed by atoms with Crippen molar-refractivity contribution in [3.8, 4) is 0 Å². The largest absolute Gasteiger partial charge is 0.291 e. The molecule has 0 aromatic heterocycles. The van der Waals surface area contributed by atoms with E-state index in [9.17, 15) is 13.0 Å². The summed E-state index contributed by atoms with van der Waals surface area (Å²) in [6.45, 7) is 5.75. The molecule has 3 nitrogen and oxygen atoms in total. The van der Waals surface area contributed by atoms with Gasteiger partial charge in [0.15, 0.2) is 0 Å². The summed E-state index contributed by atoms with van der Waals surface area (Å²) in [6.07, 6.45) is 2.96. The predicted molar refractivity (Wildman–Crippen MR) is 55.9 cm³/mol. The standard InChI is InChI=1S/C8H18O3SSi/c1-8(2)6-4-5-7-13(8,3)12(9,10)11/h4-7H2,1-3H3,(H,9,10,11). The summed E-state index contributed by atoms with van der Waals surface area (Å²) in [7, 11) is -6.33. The van der Waals surface area contributed by atoms with Gasteiger partial charge in [-0.1, -0.05) is 33.2 Å². The van der Waals surface area contributed by atoms with Crippen molar-refractivity contribution in [1.82, 2.24) is 0 Å². The highest BCUT2D eigenvalue weighted by Crippen LogP contribution is 2.50. The Kier molecular flexibility index (Phi) is 2.64. The summed E-state index contributed by atoms with van der Waals surface area (Å²) < 4.78 is 32.0. The van der Waals surface area contributed by atoms with Gasteiger partial charge in [-0.05, 0) is 17.5 Å². The second-order valence-electron chi connectivity index (χ2n) is 4.80. The number of hydrogen-bond donors (Lipinski definition) is 1. The van der Waals surface area contributed by atoms with E-state index >= 15 is 0 Å². The van der Waals surface area contributed by atoms with Crippen molar-refractivity contribution in [2.75, 3.05) is 0 Å². The minimum absolute atomic E-state index is 0.182. The van der Waals surface area contributed by atoms with E-state index in [1.165, 1.54) is 0 Å². The van der Waals surface area contributed by atoms with Crippen LogP contribution >= 0.6 is 0 Å². The van der Waals surface area contributed by atoms with Crippen molar-refractivity contribution in [3.63, 3.8) is 0 Å². The van der Waals surface area contributed by atoms with Crippen molar-refractivity contribution < 1.29 is 13.0 Å². The average Bonchev–Trinajstić information content (AvgIpc) is 1.93. The lowest BCUT2D eigenvalue weighted by atomic mass is 10.1. The molecule has 1 heterocycles. The van der Waals surface area contributed by atoms with Crippen molar-refractivity contribution >= 4 is 16.8 Å². The van der Waals surface area contributed by atoms with E-state index in [1.54, 1.807) is 6.55 Å². The van der Waals surface area contributed by atoms with Gasteiger partial charge in [-0.25, -0.2) is 8.42 Å². The topological polar surface area (TPSA) is 54.4 Å². The molecule has 0 amide bonds. The normalized spacial score (nSPS) is 34.5. The van der Waals surface area contributed by atoms with Gasteiger partial charge < -0.3 is 0 Å². The third-order valence-electron chi connectivity index (χ3n) is 3.71. The van der Waals surface area contributed by atoms with Gasteiger partial charge in [0, 0.05) is 0 Å². The second-order valence-corrected chi connectivity index (χ2v) is 14.3. The first-order valence-corrected chi connectivity index (χ1v) is 9.55. The summed E-state index contributed by atoms with van der Waals surface area (Å²) in [5.41, 5.74) is 0. The molecule has 1 rings (SSSR count). The quantitative estimate of drug-likeness (QED) is 0.547. The van der Waals surface area contributed by atoms with E-state index in [0.29, 0.717) is 6.04 Å². The van der Waals surface area contributed by atoms with Crippen LogP contribution in [0.15, 0.2) is 0 Å². The maximum atomic E-state index is 11.3. The van der Waals surface area contributed by atoms with Gasteiger partial charge in [0.1, 0.15) is 0 Å². The fourth-order valence-corrected chi connectivity index (χ4v) is 8.98. The second kappa shape index (κ2) is 3.07. The molecular formula is C8H18O3SSi. The Bertz CT molecular complexity index is 297. The molecule has 5 heteroatoms. The molecule has 1 saturated heterocycles. The zero-order chi connectivity index (χ0) is 10.3. The fraction of sp³-hybridized carbons (Fsp3) is 1.00. The van der Waals surface area contributed by atoms with Gasteiger partial charge in [0.05, 0.1) is 0 Å². The third kappa shape index (κ3) is 1.69. The lowest BCUT2D eigenvalue weighted by Gasteiger charge is -2.42. The Labute approximate surface area is 80.9 Å². The molecule has 0 spiro atoms. The van der Waals surface area contributed by atoms with Crippen molar-refractivity contribution in [2.24, 2.45) is 0 Å². The maximum absolute atomic E-state index is 11.3. The van der Waals surface area contributed by atoms with E-state index in [-0.39, 0.29) is 5.04 Å². The summed E-state index contributed by atoms with van der Waals surface area (Å²) >= 11 is 0. The molecule has 1 fully saturated rings. The molecule has 0 aromatic rings. The number of hydrogen-bond acceptors (Lipinski definition) is 2. The SMILES string of the molecule is CC1(C)CCCC[Si]1(C)S(=O)(=O)O. The number of rotatable bonds is 1. The Morgan fingerprint density at radius 3 is 2.15 bits per heavy atom. The van der Waals surface area contributed by atoms with E-state index < -0.39 is 16.8 Å². The molecule has 1 N–H and O–H groups in total. The molecule has 78 valence electrons. The smallest absolute Gasteiger partial charge is 0.232 e. The first kappa shape index (κ1) is 11.2. The molecule has 0 aromatic carbocycles. The zero-order valence-corrected chi connectivity index (χ0v) is 10.3. The lowest BCUT2D eigenvalue weighted by Crippen LogP contribution is -2.51. The van der Waals surface area contributed by atoms with Crippen LogP contribution in [0.25, 0.3) is 0 Å². The van der Waals surface area contributed by atoms with E-state index in [4.69, 9.17) is 0 Å². The van der Waals surface area contributed by atoms with Crippen LogP contribution in [-0.2, 0) is 9.57 Å². The molecule has 0 radical (unpaired) electrons. The van der Waals surface area contributed by atoms with Crippen LogP contribution in [0.5, 0.6) is 0 Å². The van der Waals surface area contributed by atoms with E-state index in [2.05, 4.69) is 0 Å². The van der Waals surface area contributed by atoms with E-state index in [0.717, 1.165) is 19.3 Å². The van der Waals surface area contributed by atoms with Gasteiger partial charge in [0.2, 0.25) is 16.8 Å². The molecule has 1 aliphatic rings. The highest BCUT2D eigenvalue weighted by atomic mass is 32.4. The summed E-state index contributed by atoms with van der Waals surface area (Å²) in [5.74, 6) is 0. The Morgan fingerprint density at radius 1 is 1.31 bits per heavy atom. The lowest BCUT2D eigenvalue weighted by molar-refractivity contribution is 0.475. The van der Waals surface area contributed by atoms with Crippen LogP contribution in [0.2, 0.25) is 17.6 Å². The Morgan fingerprint density at radius 2 is 1.85 bits per heavy atom. The monoisotopic (exact) mass is 222 g/mol. The van der Waals surface area contributed by atoms with Gasteiger partial charge in [0.25, 0.3) is 0 Å². The molecule has 1 atom stereocenters. The molecule has 0 saturated carbocycles. The fourth-order valence-electron chi connectivity index (χ4n) is 2.11. The van der Waals surface area contributed by atoms with Crippen LogP contribution in [0.4, 0.5) is 0 Å². The average molecular weight is 222 g/mol. The predicted octanol–water partition coefficient (Wildman–Crippen LogP) is 2.41.